The maximum atomic E-state index is 11.7. The highest BCUT2D eigenvalue weighted by Crippen LogP contribution is 2.07. The number of carbonyl (C=O) groups excluding carboxylic acids is 3. The Kier molecular flexibility index (Phi) is 6.19. The van der Waals surface area contributed by atoms with Crippen LogP contribution in [0.15, 0.2) is 24.3 Å². The average Bonchev–Trinajstić information content (AvgIpc) is 2.41. The minimum Gasteiger partial charge on any atom is -0.452 e. The van der Waals surface area contributed by atoms with Gasteiger partial charge in [-0.3, -0.25) is 14.9 Å². The van der Waals surface area contributed by atoms with Crippen LogP contribution in [-0.2, 0) is 20.7 Å². The van der Waals surface area contributed by atoms with E-state index in [1.807, 2.05) is 0 Å². The SMILES string of the molecule is CCNC(=O)NC(=O)C(C)OC(=O)Cc1ccc(N)cc1. The number of rotatable bonds is 5. The zero-order valence-corrected chi connectivity index (χ0v) is 12.0. The van der Waals surface area contributed by atoms with E-state index in [1.54, 1.807) is 31.2 Å². The number of esters is 1. The molecule has 0 saturated heterocycles. The van der Waals surface area contributed by atoms with Gasteiger partial charge in [0.05, 0.1) is 6.42 Å². The molecule has 0 aromatic heterocycles. The van der Waals surface area contributed by atoms with Gasteiger partial charge in [-0.2, -0.15) is 0 Å². The van der Waals surface area contributed by atoms with Crippen molar-refractivity contribution in [3.05, 3.63) is 29.8 Å². The number of nitrogens with two attached hydrogens (primary N) is 1. The van der Waals surface area contributed by atoms with E-state index in [2.05, 4.69) is 10.6 Å². The van der Waals surface area contributed by atoms with Crippen molar-refractivity contribution in [3.8, 4) is 0 Å². The van der Waals surface area contributed by atoms with Gasteiger partial charge in [0.25, 0.3) is 5.91 Å². The number of ether oxygens (including phenoxy) is 1. The maximum Gasteiger partial charge on any atom is 0.321 e. The molecule has 0 heterocycles. The molecule has 0 saturated carbocycles. The Balaban J connectivity index is 2.44. The molecule has 3 amide bonds. The highest BCUT2D eigenvalue weighted by Gasteiger charge is 2.19. The lowest BCUT2D eigenvalue weighted by atomic mass is 10.1. The van der Waals surface area contributed by atoms with Gasteiger partial charge in [-0.1, -0.05) is 12.1 Å². The van der Waals surface area contributed by atoms with Gasteiger partial charge < -0.3 is 15.8 Å². The van der Waals surface area contributed by atoms with Gasteiger partial charge in [0.2, 0.25) is 0 Å². The van der Waals surface area contributed by atoms with Crippen LogP contribution in [0.1, 0.15) is 19.4 Å². The number of amides is 3. The van der Waals surface area contributed by atoms with Gasteiger partial charge in [-0.15, -0.1) is 0 Å². The highest BCUT2D eigenvalue weighted by atomic mass is 16.5. The first-order valence-corrected chi connectivity index (χ1v) is 6.55. The van der Waals surface area contributed by atoms with E-state index in [-0.39, 0.29) is 6.42 Å². The Morgan fingerprint density at radius 3 is 2.43 bits per heavy atom. The van der Waals surface area contributed by atoms with Crippen molar-refractivity contribution in [2.75, 3.05) is 12.3 Å². The number of nitrogens with one attached hydrogen (secondary N) is 2. The molecular formula is C14H19N3O4. The van der Waals surface area contributed by atoms with Gasteiger partial charge in [0.15, 0.2) is 6.10 Å². The summed E-state index contributed by atoms with van der Waals surface area (Å²) in [6.07, 6.45) is -1.02. The molecule has 1 atom stereocenters. The Bertz CT molecular complexity index is 513. The van der Waals surface area contributed by atoms with Crippen molar-refractivity contribution in [2.45, 2.75) is 26.4 Å². The van der Waals surface area contributed by atoms with Crippen LogP contribution in [0.25, 0.3) is 0 Å². The maximum absolute atomic E-state index is 11.7. The van der Waals surface area contributed by atoms with Crippen LogP contribution in [0, 0.1) is 0 Å². The summed E-state index contributed by atoms with van der Waals surface area (Å²) in [4.78, 5) is 34.5. The van der Waals surface area contributed by atoms with Crippen LogP contribution in [0.2, 0.25) is 0 Å². The third-order valence-corrected chi connectivity index (χ3v) is 2.58. The molecule has 1 aromatic carbocycles. The average molecular weight is 293 g/mol. The largest absolute Gasteiger partial charge is 0.452 e. The molecule has 1 aromatic rings. The Morgan fingerprint density at radius 1 is 1.24 bits per heavy atom. The normalized spacial score (nSPS) is 11.3. The third-order valence-electron chi connectivity index (χ3n) is 2.58. The van der Waals surface area contributed by atoms with Gasteiger partial charge >= 0.3 is 12.0 Å². The zero-order chi connectivity index (χ0) is 15.8. The fourth-order valence-electron chi connectivity index (χ4n) is 1.51. The molecule has 0 spiro atoms. The van der Waals surface area contributed by atoms with Gasteiger partial charge in [-0.25, -0.2) is 4.79 Å². The van der Waals surface area contributed by atoms with E-state index in [1.165, 1.54) is 6.92 Å². The summed E-state index contributed by atoms with van der Waals surface area (Å²) in [6, 6.07) is 6.14. The molecule has 21 heavy (non-hydrogen) atoms. The van der Waals surface area contributed by atoms with E-state index in [0.717, 1.165) is 5.56 Å². The Morgan fingerprint density at radius 2 is 1.86 bits per heavy atom. The van der Waals surface area contributed by atoms with E-state index in [9.17, 15) is 14.4 Å². The number of urea groups is 1. The van der Waals surface area contributed by atoms with Crippen LogP contribution in [0.4, 0.5) is 10.5 Å². The molecule has 0 radical (unpaired) electrons. The molecule has 114 valence electrons. The van der Waals surface area contributed by atoms with Crippen molar-refractivity contribution in [1.82, 2.24) is 10.6 Å². The summed E-state index contributed by atoms with van der Waals surface area (Å²) < 4.78 is 4.96. The smallest absolute Gasteiger partial charge is 0.321 e. The second-order valence-corrected chi connectivity index (χ2v) is 4.40. The van der Waals surface area contributed by atoms with Gasteiger partial charge in [0.1, 0.15) is 0 Å². The van der Waals surface area contributed by atoms with Gasteiger partial charge in [-0.05, 0) is 31.5 Å². The number of nitrogen functional groups attached to an aromatic ring is 1. The fraction of sp³-hybridized carbons (Fsp3) is 0.357. The van der Waals surface area contributed by atoms with Crippen LogP contribution < -0.4 is 16.4 Å². The minimum atomic E-state index is -1.05. The fourth-order valence-corrected chi connectivity index (χ4v) is 1.51. The van der Waals surface area contributed by atoms with E-state index in [0.29, 0.717) is 12.2 Å². The second-order valence-electron chi connectivity index (χ2n) is 4.40. The molecule has 0 bridgehead atoms. The lowest BCUT2D eigenvalue weighted by Crippen LogP contribution is -2.44. The van der Waals surface area contributed by atoms with Crippen molar-refractivity contribution in [3.63, 3.8) is 0 Å². The quantitative estimate of drug-likeness (QED) is 0.543. The first kappa shape index (κ1) is 16.5. The van der Waals surface area contributed by atoms with Crippen LogP contribution in [0.3, 0.4) is 0 Å². The standard InChI is InChI=1S/C14H19N3O4/c1-3-16-14(20)17-13(19)9(2)21-12(18)8-10-4-6-11(15)7-5-10/h4-7,9H,3,8,15H2,1-2H3,(H2,16,17,19,20). The summed E-state index contributed by atoms with van der Waals surface area (Å²) >= 11 is 0. The molecule has 7 nitrogen and oxygen atoms in total. The van der Waals surface area contributed by atoms with Gasteiger partial charge in [0, 0.05) is 12.2 Å². The van der Waals surface area contributed by atoms with E-state index in [4.69, 9.17) is 10.5 Å². The lowest BCUT2D eigenvalue weighted by molar-refractivity contribution is -0.153. The molecule has 4 N–H and O–H groups in total. The summed E-state index contributed by atoms with van der Waals surface area (Å²) in [7, 11) is 0. The molecule has 0 aliphatic carbocycles. The molecule has 1 unspecified atom stereocenters. The molecule has 0 aliphatic heterocycles. The number of carbonyl (C=O) groups is 3. The third kappa shape index (κ3) is 5.94. The predicted molar refractivity (Wildman–Crippen MR) is 77.3 cm³/mol. The molecule has 0 fully saturated rings. The first-order chi connectivity index (χ1) is 9.92. The highest BCUT2D eigenvalue weighted by molar-refractivity contribution is 5.97. The van der Waals surface area contributed by atoms with Crippen LogP contribution in [0.5, 0.6) is 0 Å². The lowest BCUT2D eigenvalue weighted by Gasteiger charge is -2.13. The minimum absolute atomic E-state index is 0.0268. The summed E-state index contributed by atoms with van der Waals surface area (Å²) in [6.45, 7) is 3.51. The summed E-state index contributed by atoms with van der Waals surface area (Å²) in [5.74, 6) is -1.23. The number of hydrogen-bond acceptors (Lipinski definition) is 5. The second kappa shape index (κ2) is 7.88. The van der Waals surface area contributed by atoms with Crippen molar-refractivity contribution in [1.29, 1.82) is 0 Å². The molecule has 1 rings (SSSR count). The zero-order valence-electron chi connectivity index (χ0n) is 12.0. The molecule has 7 heteroatoms. The Labute approximate surface area is 122 Å². The summed E-state index contributed by atoms with van der Waals surface area (Å²) in [5, 5.41) is 4.48. The number of anilines is 1. The number of imide groups is 1. The number of benzene rings is 1. The monoisotopic (exact) mass is 293 g/mol. The van der Waals surface area contributed by atoms with Crippen molar-refractivity contribution in [2.24, 2.45) is 0 Å². The Hall–Kier alpha value is -2.57. The molecular weight excluding hydrogens is 274 g/mol. The van der Waals surface area contributed by atoms with Crippen LogP contribution in [-0.4, -0.2) is 30.6 Å². The van der Waals surface area contributed by atoms with Crippen molar-refractivity contribution < 1.29 is 19.1 Å². The van der Waals surface area contributed by atoms with E-state index >= 15 is 0 Å². The predicted octanol–water partition coefficient (Wildman–Crippen LogP) is 0.589. The topological polar surface area (TPSA) is 111 Å². The first-order valence-electron chi connectivity index (χ1n) is 6.55. The molecule has 0 aliphatic rings. The van der Waals surface area contributed by atoms with Crippen LogP contribution >= 0.6 is 0 Å². The van der Waals surface area contributed by atoms with E-state index < -0.39 is 24.0 Å². The number of hydrogen-bond donors (Lipinski definition) is 3. The van der Waals surface area contributed by atoms with Crippen molar-refractivity contribution >= 4 is 23.6 Å². The summed E-state index contributed by atoms with van der Waals surface area (Å²) in [5.41, 5.74) is 6.87.